The first-order chi connectivity index (χ1) is 14.3. The third-order valence-corrected chi connectivity index (χ3v) is 5.24. The summed E-state index contributed by atoms with van der Waals surface area (Å²) in [4.78, 5) is 39.4. The normalized spacial score (nSPS) is 20.1. The van der Waals surface area contributed by atoms with Crippen molar-refractivity contribution in [1.82, 2.24) is 10.6 Å². The highest BCUT2D eigenvalue weighted by molar-refractivity contribution is 6.01. The number of benzene rings is 1. The average Bonchev–Trinajstić information content (AvgIpc) is 3.12. The van der Waals surface area contributed by atoms with Crippen LogP contribution in [0.1, 0.15) is 27.2 Å². The molecule has 0 aromatic heterocycles. The van der Waals surface area contributed by atoms with Crippen LogP contribution in [0.5, 0.6) is 11.5 Å². The van der Waals surface area contributed by atoms with Gasteiger partial charge < -0.3 is 30.1 Å². The zero-order valence-corrected chi connectivity index (χ0v) is 17.5. The van der Waals surface area contributed by atoms with E-state index >= 15 is 0 Å². The number of aliphatic hydroxyl groups excluding tert-OH is 1. The van der Waals surface area contributed by atoms with Crippen molar-refractivity contribution in [1.29, 1.82) is 0 Å². The molecule has 3 atom stereocenters. The van der Waals surface area contributed by atoms with Crippen LogP contribution in [-0.4, -0.2) is 61.3 Å². The molecular weight excluding hydrogens is 390 g/mol. The van der Waals surface area contributed by atoms with Crippen molar-refractivity contribution >= 4 is 23.4 Å². The third kappa shape index (κ3) is 4.84. The smallest absolute Gasteiger partial charge is 0.243 e. The molecule has 0 spiro atoms. The van der Waals surface area contributed by atoms with Crippen molar-refractivity contribution in [3.63, 3.8) is 0 Å². The van der Waals surface area contributed by atoms with Gasteiger partial charge in [-0.3, -0.25) is 14.4 Å². The number of carbonyl (C=O) groups excluding carboxylic acids is 3. The van der Waals surface area contributed by atoms with Crippen molar-refractivity contribution in [2.24, 2.45) is 11.8 Å². The number of anilines is 1. The van der Waals surface area contributed by atoms with E-state index in [9.17, 15) is 14.4 Å². The number of hydrogen-bond acceptors (Lipinski definition) is 6. The van der Waals surface area contributed by atoms with E-state index in [-0.39, 0.29) is 43.2 Å². The van der Waals surface area contributed by atoms with E-state index in [1.807, 2.05) is 13.8 Å². The van der Waals surface area contributed by atoms with Gasteiger partial charge in [0.05, 0.1) is 12.5 Å². The molecule has 3 amide bonds. The second-order valence-corrected chi connectivity index (χ2v) is 8.06. The van der Waals surface area contributed by atoms with Crippen molar-refractivity contribution < 1.29 is 29.0 Å². The highest BCUT2D eigenvalue weighted by atomic mass is 16.6. The summed E-state index contributed by atoms with van der Waals surface area (Å²) in [5.74, 6) is -0.350. The van der Waals surface area contributed by atoms with E-state index < -0.39 is 18.0 Å². The van der Waals surface area contributed by atoms with E-state index in [2.05, 4.69) is 10.6 Å². The number of nitrogens with one attached hydrogen (secondary N) is 2. The number of rotatable bonds is 7. The van der Waals surface area contributed by atoms with Crippen LogP contribution in [0.15, 0.2) is 18.2 Å². The minimum Gasteiger partial charge on any atom is -0.486 e. The van der Waals surface area contributed by atoms with E-state index in [1.54, 1.807) is 30.0 Å². The van der Waals surface area contributed by atoms with E-state index in [1.165, 1.54) is 0 Å². The molecule has 1 aromatic carbocycles. The van der Waals surface area contributed by atoms with Gasteiger partial charge in [-0.1, -0.05) is 13.8 Å². The lowest BCUT2D eigenvalue weighted by atomic mass is 10.0. The zero-order valence-electron chi connectivity index (χ0n) is 17.5. The van der Waals surface area contributed by atoms with E-state index in [0.717, 1.165) is 0 Å². The van der Waals surface area contributed by atoms with Crippen LogP contribution >= 0.6 is 0 Å². The molecule has 9 heteroatoms. The number of hydrogen-bond donors (Lipinski definition) is 3. The second kappa shape index (κ2) is 9.34. The monoisotopic (exact) mass is 419 g/mol. The van der Waals surface area contributed by atoms with Crippen molar-refractivity contribution in [2.75, 3.05) is 31.3 Å². The third-order valence-electron chi connectivity index (χ3n) is 5.24. The fraction of sp³-hybridized carbons (Fsp3) is 0.571. The summed E-state index contributed by atoms with van der Waals surface area (Å²) in [5.41, 5.74) is 0.648. The Kier molecular flexibility index (Phi) is 6.81. The van der Waals surface area contributed by atoms with Gasteiger partial charge in [0.25, 0.3) is 0 Å². The van der Waals surface area contributed by atoms with Crippen molar-refractivity contribution in [3.05, 3.63) is 18.2 Å². The molecule has 9 nitrogen and oxygen atoms in total. The highest BCUT2D eigenvalue weighted by Gasteiger charge is 2.37. The largest absolute Gasteiger partial charge is 0.486 e. The molecular formula is C21H29N3O6. The van der Waals surface area contributed by atoms with Gasteiger partial charge >= 0.3 is 0 Å². The highest BCUT2D eigenvalue weighted by Crippen LogP contribution is 2.36. The fourth-order valence-corrected chi connectivity index (χ4v) is 3.52. The minimum atomic E-state index is -0.745. The zero-order chi connectivity index (χ0) is 21.8. The summed E-state index contributed by atoms with van der Waals surface area (Å²) < 4.78 is 11.1. The molecule has 30 heavy (non-hydrogen) atoms. The molecule has 1 saturated heterocycles. The lowest BCUT2D eigenvalue weighted by Gasteiger charge is -2.25. The summed E-state index contributed by atoms with van der Waals surface area (Å²) in [7, 11) is 0. The molecule has 0 saturated carbocycles. The van der Waals surface area contributed by atoms with E-state index in [4.69, 9.17) is 14.6 Å². The van der Waals surface area contributed by atoms with Gasteiger partial charge in [0.15, 0.2) is 11.5 Å². The lowest BCUT2D eigenvalue weighted by molar-refractivity contribution is -0.132. The van der Waals surface area contributed by atoms with Gasteiger partial charge in [-0.05, 0) is 25.0 Å². The molecule has 3 unspecified atom stereocenters. The maximum Gasteiger partial charge on any atom is 0.243 e. The second-order valence-electron chi connectivity index (χ2n) is 8.06. The van der Waals surface area contributed by atoms with E-state index in [0.29, 0.717) is 30.4 Å². The molecule has 1 fully saturated rings. The molecule has 3 rings (SSSR count). The summed E-state index contributed by atoms with van der Waals surface area (Å²) in [6.07, 6.45) is 0.0692. The van der Waals surface area contributed by atoms with Gasteiger partial charge in [-0.2, -0.15) is 0 Å². The first kappa shape index (κ1) is 21.9. The number of carbonyl (C=O) groups is 3. The Labute approximate surface area is 175 Å². The first-order valence-electron chi connectivity index (χ1n) is 10.2. The van der Waals surface area contributed by atoms with Crippen molar-refractivity contribution in [2.45, 2.75) is 39.3 Å². The van der Waals surface area contributed by atoms with Crippen LogP contribution in [0, 0.1) is 11.8 Å². The Morgan fingerprint density at radius 3 is 2.53 bits per heavy atom. The molecule has 2 aliphatic rings. The Hall–Kier alpha value is -2.81. The molecule has 0 aliphatic carbocycles. The number of ether oxygens (including phenoxy) is 2. The standard InChI is InChI=1S/C21H29N3O6/c1-12(2)19(21(28)22-13(3)11-25)23-20(27)14-8-18(26)24(10-14)15-4-5-16-17(9-15)30-7-6-29-16/h4-5,9,12-14,19,25H,6-8,10-11H2,1-3H3,(H,22,28)(H,23,27). The van der Waals surface area contributed by atoms with Crippen LogP contribution in [0.2, 0.25) is 0 Å². The predicted molar refractivity (Wildman–Crippen MR) is 109 cm³/mol. The lowest BCUT2D eigenvalue weighted by Crippen LogP contribution is -2.53. The number of fused-ring (bicyclic) bond motifs is 1. The van der Waals surface area contributed by atoms with Gasteiger partial charge in [0, 0.05) is 30.8 Å². The van der Waals surface area contributed by atoms with Gasteiger partial charge in [0.2, 0.25) is 17.7 Å². The molecule has 2 aliphatic heterocycles. The summed E-state index contributed by atoms with van der Waals surface area (Å²) in [6.45, 7) is 6.31. The van der Waals surface area contributed by atoms with Crippen molar-refractivity contribution in [3.8, 4) is 11.5 Å². The van der Waals surface area contributed by atoms with Crippen LogP contribution in [0.4, 0.5) is 5.69 Å². The molecule has 2 heterocycles. The van der Waals surface area contributed by atoms with Gasteiger partial charge in [0.1, 0.15) is 19.3 Å². The Balaban J connectivity index is 1.66. The Morgan fingerprint density at radius 2 is 1.87 bits per heavy atom. The molecule has 0 bridgehead atoms. The summed E-state index contributed by atoms with van der Waals surface area (Å²) >= 11 is 0. The first-order valence-corrected chi connectivity index (χ1v) is 10.2. The van der Waals surface area contributed by atoms with Crippen LogP contribution in [0.3, 0.4) is 0 Å². The number of aliphatic hydroxyl groups is 1. The quantitative estimate of drug-likeness (QED) is 0.591. The molecule has 0 radical (unpaired) electrons. The Morgan fingerprint density at radius 1 is 1.17 bits per heavy atom. The Bertz CT molecular complexity index is 812. The fourth-order valence-electron chi connectivity index (χ4n) is 3.52. The maximum atomic E-state index is 12.8. The van der Waals surface area contributed by atoms with Crippen LogP contribution < -0.4 is 25.0 Å². The average molecular weight is 419 g/mol. The summed E-state index contributed by atoms with van der Waals surface area (Å²) in [5, 5.41) is 14.6. The van der Waals surface area contributed by atoms with Gasteiger partial charge in [-0.25, -0.2) is 0 Å². The number of amides is 3. The van der Waals surface area contributed by atoms with Crippen LogP contribution in [-0.2, 0) is 14.4 Å². The topological polar surface area (TPSA) is 117 Å². The van der Waals surface area contributed by atoms with Gasteiger partial charge in [-0.15, -0.1) is 0 Å². The summed E-state index contributed by atoms with van der Waals surface area (Å²) in [6, 6.07) is 4.12. The number of nitrogens with zero attached hydrogens (tertiary/aromatic N) is 1. The SMILES string of the molecule is CC(CO)NC(=O)C(NC(=O)C1CC(=O)N(c2ccc3c(c2)OCCO3)C1)C(C)C. The molecule has 164 valence electrons. The predicted octanol–water partition coefficient (Wildman–Crippen LogP) is 0.449. The molecule has 1 aromatic rings. The minimum absolute atomic E-state index is 0.0692. The maximum absolute atomic E-state index is 12.8. The van der Waals surface area contributed by atoms with Crippen LogP contribution in [0.25, 0.3) is 0 Å². The molecule has 3 N–H and O–H groups in total.